The maximum Gasteiger partial charge on any atom is 0.414 e. The molecule has 0 spiro atoms. The minimum atomic E-state index is -1.34. The van der Waals surface area contributed by atoms with Gasteiger partial charge in [-0.15, -0.1) is 0 Å². The quantitative estimate of drug-likeness (QED) is 0.264. The first-order valence-electron chi connectivity index (χ1n) is 15.4. The van der Waals surface area contributed by atoms with Gasteiger partial charge in [0.1, 0.15) is 16.8 Å². The number of fused-ring (bicyclic) bond motifs is 5. The third-order valence-corrected chi connectivity index (χ3v) is 9.18. The fourth-order valence-electron chi connectivity index (χ4n) is 7.09. The van der Waals surface area contributed by atoms with Gasteiger partial charge in [0.05, 0.1) is 27.7 Å². The molecule has 0 aliphatic carbocycles. The van der Waals surface area contributed by atoms with Gasteiger partial charge in [0, 0.05) is 67.8 Å². The number of halogens is 2. The molecule has 7 rings (SSSR count). The van der Waals surface area contributed by atoms with E-state index >= 15 is 8.78 Å². The molecular formula is C34H34F2N6O5. The highest BCUT2D eigenvalue weighted by Crippen LogP contribution is 2.47. The van der Waals surface area contributed by atoms with E-state index in [1.54, 1.807) is 51.4 Å². The SMILES string of the molecule is CN1C[C@@H]2CCN(c3c(-c4ccc5ccc(C(=O)O)c(=O)n5c4)cnc4[nH]c5c(N(C)C(=O)OC(C)(C)C)cc(F)c(F)c5c34)[C@@H]2C1. The predicted molar refractivity (Wildman–Crippen MR) is 175 cm³/mol. The summed E-state index contributed by atoms with van der Waals surface area (Å²) in [4.78, 5) is 51.4. The van der Waals surface area contributed by atoms with Crippen LogP contribution in [-0.4, -0.2) is 81.8 Å². The van der Waals surface area contributed by atoms with Crippen LogP contribution in [0.15, 0.2) is 47.5 Å². The van der Waals surface area contributed by atoms with Gasteiger partial charge in [0.15, 0.2) is 11.6 Å². The van der Waals surface area contributed by atoms with Crippen molar-refractivity contribution >= 4 is 50.9 Å². The summed E-state index contributed by atoms with van der Waals surface area (Å²) in [6.45, 7) is 7.46. The van der Waals surface area contributed by atoms with Crippen LogP contribution in [-0.2, 0) is 4.74 Å². The Bertz CT molecular complexity index is 2190. The number of aromatic carboxylic acids is 1. The molecule has 2 fully saturated rings. The number of anilines is 2. The van der Waals surface area contributed by atoms with Crippen LogP contribution < -0.4 is 15.4 Å². The number of H-pyrrole nitrogens is 1. The second-order valence-corrected chi connectivity index (χ2v) is 13.5. The van der Waals surface area contributed by atoms with Crippen molar-refractivity contribution in [2.45, 2.75) is 38.8 Å². The summed E-state index contributed by atoms with van der Waals surface area (Å²) >= 11 is 0. The van der Waals surface area contributed by atoms with Crippen molar-refractivity contribution in [3.05, 3.63) is 70.3 Å². The van der Waals surface area contributed by atoms with Gasteiger partial charge in [-0.3, -0.25) is 14.1 Å². The number of carboxylic acid groups (broad SMARTS) is 1. The molecule has 2 aliphatic rings. The molecule has 1 amide bonds. The second kappa shape index (κ2) is 10.8. The van der Waals surface area contributed by atoms with Crippen molar-refractivity contribution in [1.29, 1.82) is 0 Å². The van der Waals surface area contributed by atoms with Crippen molar-refractivity contribution in [2.24, 2.45) is 5.92 Å². The van der Waals surface area contributed by atoms with Gasteiger partial charge >= 0.3 is 12.1 Å². The Morgan fingerprint density at radius 3 is 2.60 bits per heavy atom. The second-order valence-electron chi connectivity index (χ2n) is 13.5. The van der Waals surface area contributed by atoms with Crippen molar-refractivity contribution in [3.63, 3.8) is 0 Å². The highest BCUT2D eigenvalue weighted by molar-refractivity contribution is 6.19. The molecule has 47 heavy (non-hydrogen) atoms. The lowest BCUT2D eigenvalue weighted by Crippen LogP contribution is -2.35. The Kier molecular flexibility index (Phi) is 7.01. The van der Waals surface area contributed by atoms with Gasteiger partial charge in [0.25, 0.3) is 5.56 Å². The summed E-state index contributed by atoms with van der Waals surface area (Å²) in [6, 6.07) is 7.37. The number of aromatic amines is 1. The lowest BCUT2D eigenvalue weighted by molar-refractivity contribution is 0.0588. The van der Waals surface area contributed by atoms with Crippen molar-refractivity contribution in [2.75, 3.05) is 43.5 Å². The third-order valence-electron chi connectivity index (χ3n) is 9.18. The standard InChI is InChI=1S/C34H34F2N6O5/c1-34(2,3)47-33(46)40(5)23-12-22(35)27(36)25-26-29(41-11-10-18-14-39(4)16-24(18)41)21(13-37-30(26)38-28(23)25)17-6-7-19-8-9-20(32(44)45)31(43)42(19)15-17/h6-9,12-13,15,18,24H,10-11,14,16H2,1-5H3,(H,37,38)(H,44,45)/t18-,24+/m0/s1. The zero-order valence-electron chi connectivity index (χ0n) is 26.6. The largest absolute Gasteiger partial charge is 0.477 e. The van der Waals surface area contributed by atoms with E-state index in [1.807, 2.05) is 0 Å². The molecule has 13 heteroatoms. The number of nitrogens with one attached hydrogen (secondary N) is 1. The molecule has 2 N–H and O–H groups in total. The number of amides is 1. The lowest BCUT2D eigenvalue weighted by atomic mass is 10.00. The molecule has 0 unspecified atom stereocenters. The van der Waals surface area contributed by atoms with E-state index in [0.717, 1.165) is 30.5 Å². The van der Waals surface area contributed by atoms with Crippen LogP contribution in [0.2, 0.25) is 0 Å². The number of hydrogen-bond donors (Lipinski definition) is 2. The Balaban J connectivity index is 1.52. The number of carbonyl (C=O) groups excluding carboxylic acids is 1. The van der Waals surface area contributed by atoms with Gasteiger partial charge in [-0.05, 0) is 58.4 Å². The van der Waals surface area contributed by atoms with Crippen LogP contribution in [0.1, 0.15) is 37.6 Å². The number of ether oxygens (including phenoxy) is 1. The third kappa shape index (κ3) is 4.96. The minimum absolute atomic E-state index is 0.0596. The summed E-state index contributed by atoms with van der Waals surface area (Å²) in [5.41, 5.74) is 0.877. The average Bonchev–Trinajstić information content (AvgIpc) is 3.69. The number of carboxylic acids is 1. The first kappa shape index (κ1) is 30.6. The fraction of sp³-hybridized carbons (Fsp3) is 0.353. The number of pyridine rings is 3. The van der Waals surface area contributed by atoms with Gasteiger partial charge in [-0.25, -0.2) is 23.4 Å². The van der Waals surface area contributed by atoms with Crippen molar-refractivity contribution in [1.82, 2.24) is 19.3 Å². The van der Waals surface area contributed by atoms with Crippen molar-refractivity contribution in [3.8, 4) is 11.1 Å². The average molecular weight is 645 g/mol. The zero-order chi connectivity index (χ0) is 33.5. The van der Waals surface area contributed by atoms with E-state index < -0.39 is 34.9 Å². The molecule has 2 atom stereocenters. The number of likely N-dealkylation sites (tertiary alicyclic amines) is 1. The molecule has 6 heterocycles. The molecule has 0 radical (unpaired) electrons. The number of likely N-dealkylation sites (N-methyl/N-ethyl adjacent to an activating group) is 1. The van der Waals surface area contributed by atoms with Gasteiger partial charge in [-0.2, -0.15) is 0 Å². The number of benzene rings is 1. The minimum Gasteiger partial charge on any atom is -0.477 e. The van der Waals surface area contributed by atoms with Crippen LogP contribution >= 0.6 is 0 Å². The molecule has 244 valence electrons. The van der Waals surface area contributed by atoms with Crippen LogP contribution in [0.5, 0.6) is 0 Å². The number of rotatable bonds is 4. The molecule has 1 aromatic carbocycles. The highest BCUT2D eigenvalue weighted by Gasteiger charge is 2.42. The van der Waals surface area contributed by atoms with E-state index in [-0.39, 0.29) is 28.2 Å². The number of carbonyl (C=O) groups is 2. The summed E-state index contributed by atoms with van der Waals surface area (Å²) in [5, 5.41) is 9.85. The van der Waals surface area contributed by atoms with Crippen LogP contribution in [0, 0.1) is 17.6 Å². The summed E-state index contributed by atoms with van der Waals surface area (Å²) in [7, 11) is 3.48. The molecule has 11 nitrogen and oxygen atoms in total. The van der Waals surface area contributed by atoms with E-state index in [9.17, 15) is 19.5 Å². The number of nitrogens with zero attached hydrogens (tertiary/aromatic N) is 5. The molecule has 0 bridgehead atoms. The van der Waals surface area contributed by atoms with Gasteiger partial charge in [0.2, 0.25) is 0 Å². The zero-order valence-corrected chi connectivity index (χ0v) is 26.6. The van der Waals surface area contributed by atoms with Gasteiger partial charge in [-0.1, -0.05) is 6.07 Å². The Hall–Kier alpha value is -5.04. The monoisotopic (exact) mass is 644 g/mol. The summed E-state index contributed by atoms with van der Waals surface area (Å²) in [6.07, 6.45) is 3.33. The smallest absolute Gasteiger partial charge is 0.414 e. The Labute approximate surface area is 268 Å². The molecule has 4 aromatic heterocycles. The Morgan fingerprint density at radius 2 is 1.87 bits per heavy atom. The Morgan fingerprint density at radius 1 is 1.13 bits per heavy atom. The first-order valence-corrected chi connectivity index (χ1v) is 15.4. The van der Waals surface area contributed by atoms with Gasteiger partial charge < -0.3 is 24.6 Å². The topological polar surface area (TPSA) is 123 Å². The van der Waals surface area contributed by atoms with Crippen LogP contribution in [0.4, 0.5) is 25.0 Å². The highest BCUT2D eigenvalue weighted by atomic mass is 19.2. The lowest BCUT2D eigenvalue weighted by Gasteiger charge is -2.29. The maximum atomic E-state index is 16.1. The van der Waals surface area contributed by atoms with E-state index in [4.69, 9.17) is 4.74 Å². The summed E-state index contributed by atoms with van der Waals surface area (Å²) in [5.74, 6) is -3.21. The molecule has 0 saturated carbocycles. The predicted octanol–water partition coefficient (Wildman–Crippen LogP) is 5.48. The molecule has 2 saturated heterocycles. The molecule has 2 aliphatic heterocycles. The summed E-state index contributed by atoms with van der Waals surface area (Å²) < 4.78 is 38.4. The van der Waals surface area contributed by atoms with Crippen molar-refractivity contribution < 1.29 is 28.2 Å². The van der Waals surface area contributed by atoms with Crippen LogP contribution in [0.3, 0.4) is 0 Å². The molecular weight excluding hydrogens is 610 g/mol. The van der Waals surface area contributed by atoms with Crippen LogP contribution in [0.25, 0.3) is 38.6 Å². The number of hydrogen-bond acceptors (Lipinski definition) is 7. The van der Waals surface area contributed by atoms with E-state index in [0.29, 0.717) is 45.8 Å². The van der Waals surface area contributed by atoms with E-state index in [2.05, 4.69) is 26.8 Å². The molecule has 5 aromatic rings. The van der Waals surface area contributed by atoms with E-state index in [1.165, 1.54) is 17.5 Å². The number of aromatic nitrogens is 3. The maximum absolute atomic E-state index is 16.1. The first-order chi connectivity index (χ1) is 22.2. The normalized spacial score (nSPS) is 18.4. The fourth-order valence-corrected chi connectivity index (χ4v) is 7.09.